The van der Waals surface area contributed by atoms with Crippen molar-refractivity contribution in [2.24, 2.45) is 0 Å². The first-order valence-electron chi connectivity index (χ1n) is 10.8. The Morgan fingerprint density at radius 1 is 0.903 bits per heavy atom. The van der Waals surface area contributed by atoms with Crippen molar-refractivity contribution in [2.45, 2.75) is 54.2 Å². The lowest BCUT2D eigenvalue weighted by molar-refractivity contribution is -0.0700. The summed E-state index contributed by atoms with van der Waals surface area (Å²) in [5.41, 5.74) is 3.11. The summed E-state index contributed by atoms with van der Waals surface area (Å²) in [4.78, 5) is 0. The summed E-state index contributed by atoms with van der Waals surface area (Å²) in [6.07, 6.45) is -0.744. The normalized spacial score (nSPS) is 29.6. The first-order chi connectivity index (χ1) is 15.0. The molecule has 2 heterocycles. The Bertz CT molecular complexity index is 836. The maximum Gasteiger partial charge on any atom is 0.119 e. The fourth-order valence-corrected chi connectivity index (χ4v) is 5.58. The zero-order valence-corrected chi connectivity index (χ0v) is 18.2. The van der Waals surface area contributed by atoms with Gasteiger partial charge in [0.15, 0.2) is 0 Å². The van der Waals surface area contributed by atoms with Crippen LogP contribution in [0.3, 0.4) is 0 Å². The second-order valence-electron chi connectivity index (χ2n) is 8.24. The monoisotopic (exact) mass is 446 g/mol. The highest BCUT2D eigenvalue weighted by Crippen LogP contribution is 2.43. The second kappa shape index (κ2) is 10.3. The molecule has 2 saturated heterocycles. The number of hydrogen-bond donors (Lipinski definition) is 4. The molecule has 4 N–H and O–H groups in total. The molecule has 2 aliphatic heterocycles. The Hall–Kier alpha value is -1.61. The third kappa shape index (κ3) is 5.42. The van der Waals surface area contributed by atoms with Gasteiger partial charge in [0.2, 0.25) is 0 Å². The minimum Gasteiger partial charge on any atom is -0.490 e. The number of aliphatic hydroxyl groups excluding tert-OH is 4. The van der Waals surface area contributed by atoms with Gasteiger partial charge in [0.25, 0.3) is 0 Å². The van der Waals surface area contributed by atoms with E-state index in [2.05, 4.69) is 12.1 Å². The van der Waals surface area contributed by atoms with E-state index >= 15 is 0 Å². The number of hydrogen-bond acceptors (Lipinski definition) is 7. The van der Waals surface area contributed by atoms with Gasteiger partial charge in [0.1, 0.15) is 18.0 Å². The van der Waals surface area contributed by atoms with Crippen molar-refractivity contribution in [3.8, 4) is 5.75 Å². The number of rotatable bonds is 6. The number of benzene rings is 2. The van der Waals surface area contributed by atoms with E-state index in [1.807, 2.05) is 36.4 Å². The van der Waals surface area contributed by atoms with Gasteiger partial charge in [-0.05, 0) is 35.2 Å². The summed E-state index contributed by atoms with van der Waals surface area (Å²) in [6, 6.07) is 16.0. The molecule has 2 fully saturated rings. The summed E-state index contributed by atoms with van der Waals surface area (Å²) in [5.74, 6) is 0.869. The Morgan fingerprint density at radius 2 is 1.65 bits per heavy atom. The molecule has 0 unspecified atom stereocenters. The Kier molecular flexibility index (Phi) is 7.53. The molecule has 0 aliphatic carbocycles. The number of ether oxygens (including phenoxy) is 2. The molecule has 0 spiro atoms. The van der Waals surface area contributed by atoms with Crippen LogP contribution in [0.2, 0.25) is 0 Å². The molecule has 7 heteroatoms. The molecular weight excluding hydrogens is 416 g/mol. The Morgan fingerprint density at radius 3 is 2.35 bits per heavy atom. The van der Waals surface area contributed by atoms with E-state index in [0.29, 0.717) is 0 Å². The van der Waals surface area contributed by atoms with Gasteiger partial charge in [0.05, 0.1) is 42.5 Å². The summed E-state index contributed by atoms with van der Waals surface area (Å²) >= 11 is 1.30. The Labute approximate surface area is 186 Å². The van der Waals surface area contributed by atoms with Crippen LogP contribution < -0.4 is 4.74 Å². The highest BCUT2D eigenvalue weighted by molar-refractivity contribution is 8.00. The minimum atomic E-state index is -1.28. The zero-order valence-electron chi connectivity index (χ0n) is 17.3. The van der Waals surface area contributed by atoms with Gasteiger partial charge in [-0.25, -0.2) is 0 Å². The van der Waals surface area contributed by atoms with Gasteiger partial charge in [0, 0.05) is 12.8 Å². The smallest absolute Gasteiger partial charge is 0.119 e. The van der Waals surface area contributed by atoms with E-state index in [1.54, 1.807) is 0 Å². The molecule has 0 bridgehead atoms. The Balaban J connectivity index is 1.42. The maximum atomic E-state index is 10.5. The molecule has 31 heavy (non-hydrogen) atoms. The quantitative estimate of drug-likeness (QED) is 0.539. The lowest BCUT2D eigenvalue weighted by Gasteiger charge is -2.39. The van der Waals surface area contributed by atoms with Crippen LogP contribution in [0, 0.1) is 0 Å². The van der Waals surface area contributed by atoms with Crippen LogP contribution in [0.25, 0.3) is 0 Å². The maximum absolute atomic E-state index is 10.5. The van der Waals surface area contributed by atoms with E-state index in [0.717, 1.165) is 54.9 Å². The van der Waals surface area contributed by atoms with E-state index in [9.17, 15) is 20.4 Å². The topological polar surface area (TPSA) is 99.4 Å². The average molecular weight is 447 g/mol. The molecular formula is C24H30O6S. The van der Waals surface area contributed by atoms with Crippen LogP contribution in [0.4, 0.5) is 0 Å². The lowest BCUT2D eigenvalue weighted by atomic mass is 9.95. The fourth-order valence-electron chi connectivity index (χ4n) is 4.16. The van der Waals surface area contributed by atoms with Crippen molar-refractivity contribution in [3.05, 3.63) is 65.2 Å². The molecule has 0 radical (unpaired) electrons. The highest BCUT2D eigenvalue weighted by atomic mass is 32.2. The fraction of sp³-hybridized carbons (Fsp3) is 0.500. The average Bonchev–Trinajstić information content (AvgIpc) is 2.80. The molecule has 0 amide bonds. The van der Waals surface area contributed by atoms with Gasteiger partial charge < -0.3 is 29.9 Å². The third-order valence-corrected chi connectivity index (χ3v) is 7.60. The van der Waals surface area contributed by atoms with Crippen molar-refractivity contribution >= 4 is 11.8 Å². The highest BCUT2D eigenvalue weighted by Gasteiger charge is 2.43. The largest absolute Gasteiger partial charge is 0.490 e. The van der Waals surface area contributed by atoms with Gasteiger partial charge in [-0.15, -0.1) is 11.8 Å². The van der Waals surface area contributed by atoms with E-state index in [1.165, 1.54) is 11.8 Å². The van der Waals surface area contributed by atoms with Crippen molar-refractivity contribution in [1.29, 1.82) is 0 Å². The standard InChI is InChI=1S/C24H30O6S/c25-14-20-21(26)22(27)23(28)24(31-20)17-3-1-2-16(13-17)12-15-4-6-18(7-5-15)30-19-8-10-29-11-9-19/h1-7,13,19-28H,8-12,14H2/t20-,21-,22+,23-,24+/m1/s1. The SMILES string of the molecule is OC[C@H]1S[C@@H](c2cccc(Cc3ccc(OC4CCOCC4)cc3)c2)[C@H](O)[C@@H](O)[C@@H]1O. The number of thioether (sulfide) groups is 1. The van der Waals surface area contributed by atoms with Gasteiger partial charge in [-0.2, -0.15) is 0 Å². The number of aliphatic hydroxyl groups is 4. The summed E-state index contributed by atoms with van der Waals surface area (Å²) in [7, 11) is 0. The van der Waals surface area contributed by atoms with Crippen LogP contribution in [0.5, 0.6) is 5.75 Å². The molecule has 2 aromatic carbocycles. The van der Waals surface area contributed by atoms with Crippen molar-refractivity contribution in [3.63, 3.8) is 0 Å². The molecule has 0 saturated carbocycles. The zero-order chi connectivity index (χ0) is 21.8. The first kappa shape index (κ1) is 22.6. The predicted molar refractivity (Wildman–Crippen MR) is 119 cm³/mol. The van der Waals surface area contributed by atoms with E-state index in [-0.39, 0.29) is 12.7 Å². The molecule has 0 aromatic heterocycles. The van der Waals surface area contributed by atoms with Crippen LogP contribution in [-0.2, 0) is 11.2 Å². The molecule has 4 rings (SSSR count). The van der Waals surface area contributed by atoms with Crippen molar-refractivity contribution in [2.75, 3.05) is 19.8 Å². The third-order valence-electron chi connectivity index (χ3n) is 5.97. The molecule has 2 aliphatic rings. The van der Waals surface area contributed by atoms with Gasteiger partial charge >= 0.3 is 0 Å². The molecule has 168 valence electrons. The predicted octanol–water partition coefficient (Wildman–Crippen LogP) is 2.07. The lowest BCUT2D eigenvalue weighted by Crippen LogP contribution is -2.51. The summed E-state index contributed by atoms with van der Waals surface area (Å²) < 4.78 is 11.4. The summed E-state index contributed by atoms with van der Waals surface area (Å²) in [5, 5.41) is 39.3. The first-order valence-corrected chi connectivity index (χ1v) is 11.7. The molecule has 6 nitrogen and oxygen atoms in total. The van der Waals surface area contributed by atoms with E-state index in [4.69, 9.17) is 9.47 Å². The molecule has 2 aromatic rings. The van der Waals surface area contributed by atoms with E-state index < -0.39 is 28.8 Å². The van der Waals surface area contributed by atoms with Crippen LogP contribution in [-0.4, -0.2) is 69.9 Å². The second-order valence-corrected chi connectivity index (χ2v) is 9.63. The molecule has 5 atom stereocenters. The van der Waals surface area contributed by atoms with Gasteiger partial charge in [-0.3, -0.25) is 0 Å². The van der Waals surface area contributed by atoms with Crippen molar-refractivity contribution in [1.82, 2.24) is 0 Å². The summed E-state index contributed by atoms with van der Waals surface area (Å²) in [6.45, 7) is 1.25. The van der Waals surface area contributed by atoms with Gasteiger partial charge in [-0.1, -0.05) is 36.4 Å². The van der Waals surface area contributed by atoms with Crippen molar-refractivity contribution < 1.29 is 29.9 Å². The van der Waals surface area contributed by atoms with Crippen LogP contribution in [0.1, 0.15) is 34.8 Å². The van der Waals surface area contributed by atoms with Crippen LogP contribution in [0.15, 0.2) is 48.5 Å². The van der Waals surface area contributed by atoms with Crippen LogP contribution >= 0.6 is 11.8 Å². The minimum absolute atomic E-state index is 0.215.